The maximum absolute atomic E-state index is 3.98. The molecule has 0 radical (unpaired) electrons. The van der Waals surface area contributed by atoms with Gasteiger partial charge in [-0.1, -0.05) is 32.6 Å². The minimum atomic E-state index is 0.550. The zero-order valence-corrected chi connectivity index (χ0v) is 10.0. The van der Waals surface area contributed by atoms with Crippen molar-refractivity contribution >= 4 is 11.4 Å². The zero-order chi connectivity index (χ0) is 11.4. The second-order valence-electron chi connectivity index (χ2n) is 3.94. The summed E-state index contributed by atoms with van der Waals surface area (Å²) >= 11 is 0. The molecule has 2 N–H and O–H groups in total. The molecule has 1 aromatic rings. The summed E-state index contributed by atoms with van der Waals surface area (Å²) in [6.07, 6.45) is 0. The van der Waals surface area contributed by atoms with Gasteiger partial charge in [-0.3, -0.25) is 0 Å². The van der Waals surface area contributed by atoms with Crippen LogP contribution in [0.1, 0.15) is 30.9 Å². The van der Waals surface area contributed by atoms with Crippen LogP contribution in [-0.4, -0.2) is 14.1 Å². The lowest BCUT2D eigenvalue weighted by Gasteiger charge is -2.14. The molecule has 0 saturated carbocycles. The monoisotopic (exact) mass is 204 g/mol. The van der Waals surface area contributed by atoms with Crippen molar-refractivity contribution in [2.45, 2.75) is 19.8 Å². The maximum atomic E-state index is 3.98. The van der Waals surface area contributed by atoms with E-state index in [2.05, 4.69) is 49.3 Å². The summed E-state index contributed by atoms with van der Waals surface area (Å²) in [5, 5.41) is 6.28. The Morgan fingerprint density at radius 1 is 1.27 bits per heavy atom. The van der Waals surface area contributed by atoms with E-state index in [9.17, 15) is 0 Å². The van der Waals surface area contributed by atoms with Crippen LogP contribution in [0.25, 0.3) is 5.70 Å². The summed E-state index contributed by atoms with van der Waals surface area (Å²) < 4.78 is 0. The van der Waals surface area contributed by atoms with Gasteiger partial charge in [0.15, 0.2) is 0 Å². The van der Waals surface area contributed by atoms with Crippen LogP contribution in [0, 0.1) is 0 Å². The van der Waals surface area contributed by atoms with Crippen molar-refractivity contribution in [3.05, 3.63) is 35.9 Å². The zero-order valence-electron chi connectivity index (χ0n) is 10.0. The molecule has 0 aliphatic carbocycles. The number of rotatable bonds is 4. The fraction of sp³-hybridized carbons (Fsp3) is 0.385. The third-order valence-corrected chi connectivity index (χ3v) is 2.61. The summed E-state index contributed by atoms with van der Waals surface area (Å²) in [6, 6.07) is 6.45. The van der Waals surface area contributed by atoms with Crippen LogP contribution >= 0.6 is 0 Å². The molecule has 1 aromatic carbocycles. The first-order chi connectivity index (χ1) is 7.10. The average molecular weight is 204 g/mol. The number of benzene rings is 1. The lowest BCUT2D eigenvalue weighted by molar-refractivity contribution is 0.866. The molecular weight excluding hydrogens is 184 g/mol. The lowest BCUT2D eigenvalue weighted by Crippen LogP contribution is -2.06. The van der Waals surface area contributed by atoms with Gasteiger partial charge in [-0.15, -0.1) is 0 Å². The van der Waals surface area contributed by atoms with Crippen LogP contribution in [0.5, 0.6) is 0 Å². The molecule has 2 heteroatoms. The Bertz CT molecular complexity index is 354. The van der Waals surface area contributed by atoms with E-state index in [1.807, 2.05) is 14.1 Å². The highest BCUT2D eigenvalue weighted by atomic mass is 14.9. The molecule has 15 heavy (non-hydrogen) atoms. The number of hydrogen-bond donors (Lipinski definition) is 2. The molecule has 0 unspecified atom stereocenters. The van der Waals surface area contributed by atoms with Gasteiger partial charge >= 0.3 is 0 Å². The highest BCUT2D eigenvalue weighted by Crippen LogP contribution is 2.25. The molecule has 0 bridgehead atoms. The van der Waals surface area contributed by atoms with E-state index in [1.54, 1.807) is 0 Å². The Kier molecular flexibility index (Phi) is 3.78. The van der Waals surface area contributed by atoms with E-state index >= 15 is 0 Å². The Labute approximate surface area is 92.4 Å². The summed E-state index contributed by atoms with van der Waals surface area (Å²) in [5.41, 5.74) is 4.53. The van der Waals surface area contributed by atoms with Crippen molar-refractivity contribution in [2.24, 2.45) is 0 Å². The van der Waals surface area contributed by atoms with Crippen LogP contribution < -0.4 is 10.6 Å². The SMILES string of the molecule is C=C(NC)c1ccc(C(C)C)cc1NC. The molecular formula is C13H20N2. The molecule has 2 nitrogen and oxygen atoms in total. The second-order valence-corrected chi connectivity index (χ2v) is 3.94. The summed E-state index contributed by atoms with van der Waals surface area (Å²) in [4.78, 5) is 0. The highest BCUT2D eigenvalue weighted by molar-refractivity contribution is 5.74. The first kappa shape index (κ1) is 11.6. The van der Waals surface area contributed by atoms with E-state index in [4.69, 9.17) is 0 Å². The molecule has 0 spiro atoms. The van der Waals surface area contributed by atoms with Crippen LogP contribution in [-0.2, 0) is 0 Å². The van der Waals surface area contributed by atoms with Crippen molar-refractivity contribution in [3.8, 4) is 0 Å². The van der Waals surface area contributed by atoms with Crippen LogP contribution in [0.15, 0.2) is 24.8 Å². The van der Waals surface area contributed by atoms with E-state index in [-0.39, 0.29) is 0 Å². The molecule has 0 saturated heterocycles. The van der Waals surface area contributed by atoms with Gasteiger partial charge in [0.2, 0.25) is 0 Å². The topological polar surface area (TPSA) is 24.1 Å². The van der Waals surface area contributed by atoms with Crippen molar-refractivity contribution in [1.29, 1.82) is 0 Å². The Balaban J connectivity index is 3.15. The molecule has 0 amide bonds. The van der Waals surface area contributed by atoms with E-state index in [0.717, 1.165) is 16.9 Å². The molecule has 0 atom stereocenters. The van der Waals surface area contributed by atoms with Gasteiger partial charge in [0, 0.05) is 31.0 Å². The van der Waals surface area contributed by atoms with Crippen LogP contribution in [0.3, 0.4) is 0 Å². The molecule has 0 aliphatic heterocycles. The van der Waals surface area contributed by atoms with Gasteiger partial charge < -0.3 is 10.6 Å². The third-order valence-electron chi connectivity index (χ3n) is 2.61. The minimum absolute atomic E-state index is 0.550. The lowest BCUT2D eigenvalue weighted by atomic mass is 9.99. The van der Waals surface area contributed by atoms with Gasteiger partial charge in [-0.25, -0.2) is 0 Å². The summed E-state index contributed by atoms with van der Waals surface area (Å²) in [6.45, 7) is 8.37. The Morgan fingerprint density at radius 2 is 1.93 bits per heavy atom. The Morgan fingerprint density at radius 3 is 2.40 bits per heavy atom. The van der Waals surface area contributed by atoms with E-state index < -0.39 is 0 Å². The predicted octanol–water partition coefficient (Wildman–Crippen LogP) is 3.04. The first-order valence-corrected chi connectivity index (χ1v) is 5.28. The number of anilines is 1. The van der Waals surface area contributed by atoms with E-state index in [0.29, 0.717) is 5.92 Å². The van der Waals surface area contributed by atoms with Crippen molar-refractivity contribution < 1.29 is 0 Å². The fourth-order valence-electron chi connectivity index (χ4n) is 1.53. The second kappa shape index (κ2) is 4.87. The quantitative estimate of drug-likeness (QED) is 0.787. The normalized spacial score (nSPS) is 10.2. The van der Waals surface area contributed by atoms with Gasteiger partial charge in [-0.2, -0.15) is 0 Å². The largest absolute Gasteiger partial charge is 0.388 e. The number of nitrogens with one attached hydrogen (secondary N) is 2. The van der Waals surface area contributed by atoms with Crippen molar-refractivity contribution in [3.63, 3.8) is 0 Å². The third kappa shape index (κ3) is 2.52. The van der Waals surface area contributed by atoms with Crippen molar-refractivity contribution in [2.75, 3.05) is 19.4 Å². The fourth-order valence-corrected chi connectivity index (χ4v) is 1.53. The smallest absolute Gasteiger partial charge is 0.0434 e. The van der Waals surface area contributed by atoms with Gasteiger partial charge in [0.05, 0.1) is 0 Å². The maximum Gasteiger partial charge on any atom is 0.0434 e. The molecule has 0 aliphatic rings. The van der Waals surface area contributed by atoms with Gasteiger partial charge in [0.25, 0.3) is 0 Å². The predicted molar refractivity (Wildman–Crippen MR) is 68.2 cm³/mol. The van der Waals surface area contributed by atoms with Crippen molar-refractivity contribution in [1.82, 2.24) is 5.32 Å². The summed E-state index contributed by atoms with van der Waals surface area (Å²) in [5.74, 6) is 0.550. The van der Waals surface area contributed by atoms with E-state index in [1.165, 1.54) is 5.56 Å². The Hall–Kier alpha value is -1.44. The first-order valence-electron chi connectivity index (χ1n) is 5.28. The number of hydrogen-bond acceptors (Lipinski definition) is 2. The minimum Gasteiger partial charge on any atom is -0.388 e. The average Bonchev–Trinajstić information content (AvgIpc) is 2.27. The molecule has 82 valence electrons. The standard InChI is InChI=1S/C13H20N2/c1-9(2)11-6-7-12(10(3)14-4)13(8-11)15-5/h6-9,14-15H,3H2,1-2,4-5H3. The molecule has 1 rings (SSSR count). The van der Waals surface area contributed by atoms with Gasteiger partial charge in [0.1, 0.15) is 0 Å². The van der Waals surface area contributed by atoms with Gasteiger partial charge in [-0.05, 0) is 17.5 Å². The highest BCUT2D eigenvalue weighted by Gasteiger charge is 2.06. The molecule has 0 heterocycles. The summed E-state index contributed by atoms with van der Waals surface area (Å²) in [7, 11) is 3.82. The van der Waals surface area contributed by atoms with Crippen LogP contribution in [0.2, 0.25) is 0 Å². The van der Waals surface area contributed by atoms with Crippen LogP contribution in [0.4, 0.5) is 5.69 Å². The molecule has 0 aromatic heterocycles. The molecule has 0 fully saturated rings.